The summed E-state index contributed by atoms with van der Waals surface area (Å²) in [6.45, 7) is 6.56. The van der Waals surface area contributed by atoms with Gasteiger partial charge in [0.1, 0.15) is 0 Å². The van der Waals surface area contributed by atoms with Gasteiger partial charge in [-0.15, -0.1) is 0 Å². The predicted octanol–water partition coefficient (Wildman–Crippen LogP) is 3.19. The molecule has 2 aliphatic rings. The van der Waals surface area contributed by atoms with Gasteiger partial charge in [0, 0.05) is 24.7 Å². The topological polar surface area (TPSA) is 24.5 Å². The van der Waals surface area contributed by atoms with Gasteiger partial charge in [-0.3, -0.25) is 0 Å². The van der Waals surface area contributed by atoms with Crippen molar-refractivity contribution in [2.45, 2.75) is 82.4 Å². The number of nitrogens with one attached hydrogen (secondary N) is 1. The van der Waals surface area contributed by atoms with E-state index < -0.39 is 0 Å². The van der Waals surface area contributed by atoms with E-state index >= 15 is 0 Å². The highest BCUT2D eigenvalue weighted by Crippen LogP contribution is 2.33. The van der Waals surface area contributed by atoms with Crippen molar-refractivity contribution < 1.29 is 4.74 Å². The Morgan fingerprint density at radius 1 is 1.20 bits per heavy atom. The summed E-state index contributed by atoms with van der Waals surface area (Å²) >= 11 is 0. The molecule has 1 N–H and O–H groups in total. The molecule has 0 aromatic heterocycles. The lowest BCUT2D eigenvalue weighted by Crippen LogP contribution is -2.56. The zero-order valence-electron chi connectivity index (χ0n) is 14.0. The van der Waals surface area contributed by atoms with Gasteiger partial charge in [-0.1, -0.05) is 26.2 Å². The highest BCUT2D eigenvalue weighted by molar-refractivity contribution is 4.95. The van der Waals surface area contributed by atoms with Crippen molar-refractivity contribution in [3.63, 3.8) is 0 Å². The lowest BCUT2D eigenvalue weighted by Gasteiger charge is -2.45. The number of likely N-dealkylation sites (N-methyl/N-ethyl adjacent to an activating group) is 1. The lowest BCUT2D eigenvalue weighted by molar-refractivity contribution is -0.0794. The average molecular weight is 282 g/mol. The Kier molecular flexibility index (Phi) is 5.49. The molecule has 118 valence electrons. The summed E-state index contributed by atoms with van der Waals surface area (Å²) in [5.74, 6) is 0. The van der Waals surface area contributed by atoms with Crippen molar-refractivity contribution in [1.82, 2.24) is 10.2 Å². The van der Waals surface area contributed by atoms with Crippen LogP contribution in [-0.4, -0.2) is 49.3 Å². The third-order valence-electron chi connectivity index (χ3n) is 5.80. The van der Waals surface area contributed by atoms with Crippen molar-refractivity contribution in [1.29, 1.82) is 0 Å². The zero-order chi connectivity index (χ0) is 14.6. The van der Waals surface area contributed by atoms with E-state index in [1.807, 2.05) is 0 Å². The van der Waals surface area contributed by atoms with Crippen LogP contribution in [0.2, 0.25) is 0 Å². The molecule has 0 amide bonds. The Balaban J connectivity index is 1.89. The van der Waals surface area contributed by atoms with Crippen LogP contribution in [0.3, 0.4) is 0 Å². The highest BCUT2D eigenvalue weighted by atomic mass is 16.5. The molecule has 0 radical (unpaired) electrons. The second kappa shape index (κ2) is 6.76. The van der Waals surface area contributed by atoms with E-state index in [2.05, 4.69) is 38.2 Å². The molecule has 20 heavy (non-hydrogen) atoms. The molecule has 1 heterocycles. The van der Waals surface area contributed by atoms with Gasteiger partial charge in [0.15, 0.2) is 0 Å². The molecule has 2 rings (SSSR count). The summed E-state index contributed by atoms with van der Waals surface area (Å²) in [4.78, 5) is 2.47. The Hall–Kier alpha value is -0.120. The fourth-order valence-corrected chi connectivity index (χ4v) is 3.88. The summed E-state index contributed by atoms with van der Waals surface area (Å²) in [5, 5.41) is 3.88. The van der Waals surface area contributed by atoms with Crippen LogP contribution in [0.25, 0.3) is 0 Å². The fraction of sp³-hybridized carbons (Fsp3) is 1.00. The molecule has 0 bridgehead atoms. The molecule has 2 unspecified atom stereocenters. The van der Waals surface area contributed by atoms with Crippen molar-refractivity contribution in [3.05, 3.63) is 0 Å². The molecule has 1 saturated heterocycles. The molecule has 0 spiro atoms. The van der Waals surface area contributed by atoms with E-state index in [1.165, 1.54) is 38.5 Å². The minimum atomic E-state index is 0.0910. The SMILES string of the molecule is CCC1(C)CC(NCC2(N(C)C)CCCCC2)CCO1. The van der Waals surface area contributed by atoms with Crippen LogP contribution in [0.1, 0.15) is 65.2 Å². The summed E-state index contributed by atoms with van der Waals surface area (Å²) < 4.78 is 5.96. The molecular weight excluding hydrogens is 248 g/mol. The van der Waals surface area contributed by atoms with Crippen LogP contribution in [0.4, 0.5) is 0 Å². The molecule has 0 aromatic rings. The standard InChI is InChI=1S/C17H34N2O/c1-5-16(2)13-15(9-12-20-16)18-14-17(19(3)4)10-7-6-8-11-17/h15,18H,5-14H2,1-4H3. The zero-order valence-corrected chi connectivity index (χ0v) is 14.0. The van der Waals surface area contributed by atoms with E-state index in [-0.39, 0.29) is 5.60 Å². The van der Waals surface area contributed by atoms with Gasteiger partial charge in [-0.25, -0.2) is 0 Å². The molecule has 2 atom stereocenters. The van der Waals surface area contributed by atoms with Gasteiger partial charge in [0.2, 0.25) is 0 Å². The third-order valence-corrected chi connectivity index (χ3v) is 5.80. The first-order chi connectivity index (χ1) is 9.50. The maximum Gasteiger partial charge on any atom is 0.0666 e. The van der Waals surface area contributed by atoms with Crippen LogP contribution >= 0.6 is 0 Å². The van der Waals surface area contributed by atoms with Crippen molar-refractivity contribution in [2.75, 3.05) is 27.2 Å². The predicted molar refractivity (Wildman–Crippen MR) is 85.2 cm³/mol. The monoisotopic (exact) mass is 282 g/mol. The number of ether oxygens (including phenoxy) is 1. The van der Waals surface area contributed by atoms with Crippen LogP contribution in [0.5, 0.6) is 0 Å². The smallest absolute Gasteiger partial charge is 0.0666 e. The highest BCUT2D eigenvalue weighted by Gasteiger charge is 2.36. The Morgan fingerprint density at radius 2 is 1.90 bits per heavy atom. The average Bonchev–Trinajstić information content (AvgIpc) is 2.46. The van der Waals surface area contributed by atoms with E-state index in [4.69, 9.17) is 4.74 Å². The number of hydrogen-bond donors (Lipinski definition) is 1. The van der Waals surface area contributed by atoms with Crippen molar-refractivity contribution in [3.8, 4) is 0 Å². The molecule has 1 aliphatic carbocycles. The number of rotatable bonds is 5. The molecule has 1 aliphatic heterocycles. The normalized spacial score (nSPS) is 34.4. The first-order valence-corrected chi connectivity index (χ1v) is 8.54. The minimum Gasteiger partial charge on any atom is -0.375 e. The summed E-state index contributed by atoms with van der Waals surface area (Å²) in [7, 11) is 4.51. The van der Waals surface area contributed by atoms with Crippen LogP contribution in [0.15, 0.2) is 0 Å². The van der Waals surface area contributed by atoms with Crippen LogP contribution in [-0.2, 0) is 4.74 Å². The van der Waals surface area contributed by atoms with Crippen LogP contribution < -0.4 is 5.32 Å². The largest absolute Gasteiger partial charge is 0.375 e. The summed E-state index contributed by atoms with van der Waals surface area (Å²) in [6, 6.07) is 0.632. The maximum absolute atomic E-state index is 5.96. The maximum atomic E-state index is 5.96. The Morgan fingerprint density at radius 3 is 2.50 bits per heavy atom. The lowest BCUT2D eigenvalue weighted by atomic mass is 9.80. The van der Waals surface area contributed by atoms with Gasteiger partial charge in [-0.2, -0.15) is 0 Å². The van der Waals surface area contributed by atoms with E-state index in [0.29, 0.717) is 11.6 Å². The second-order valence-corrected chi connectivity index (χ2v) is 7.40. The van der Waals surface area contributed by atoms with Gasteiger partial charge >= 0.3 is 0 Å². The molecule has 3 heteroatoms. The van der Waals surface area contributed by atoms with E-state index in [0.717, 1.165) is 26.0 Å². The quantitative estimate of drug-likeness (QED) is 0.838. The van der Waals surface area contributed by atoms with Gasteiger partial charge in [0.05, 0.1) is 5.60 Å². The first kappa shape index (κ1) is 16.3. The van der Waals surface area contributed by atoms with Crippen molar-refractivity contribution >= 4 is 0 Å². The van der Waals surface area contributed by atoms with E-state index in [1.54, 1.807) is 0 Å². The van der Waals surface area contributed by atoms with Gasteiger partial charge < -0.3 is 15.0 Å². The molecule has 1 saturated carbocycles. The summed E-state index contributed by atoms with van der Waals surface area (Å²) in [6.07, 6.45) is 10.3. The summed E-state index contributed by atoms with van der Waals surface area (Å²) in [5.41, 5.74) is 0.479. The van der Waals surface area contributed by atoms with Crippen molar-refractivity contribution in [2.24, 2.45) is 0 Å². The van der Waals surface area contributed by atoms with Gasteiger partial charge in [-0.05, 0) is 53.1 Å². The van der Waals surface area contributed by atoms with Crippen LogP contribution in [0, 0.1) is 0 Å². The second-order valence-electron chi connectivity index (χ2n) is 7.40. The Bertz CT molecular complexity index is 299. The Labute approximate surface area is 125 Å². The molecule has 0 aromatic carbocycles. The van der Waals surface area contributed by atoms with Gasteiger partial charge in [0.25, 0.3) is 0 Å². The third kappa shape index (κ3) is 3.75. The minimum absolute atomic E-state index is 0.0910. The van der Waals surface area contributed by atoms with E-state index in [9.17, 15) is 0 Å². The fourth-order valence-electron chi connectivity index (χ4n) is 3.88. The molecule has 2 fully saturated rings. The molecular formula is C17H34N2O. The number of nitrogens with zero attached hydrogens (tertiary/aromatic N) is 1. The first-order valence-electron chi connectivity index (χ1n) is 8.54. The number of hydrogen-bond acceptors (Lipinski definition) is 3. The molecule has 3 nitrogen and oxygen atoms in total.